The molecule has 12 heavy (non-hydrogen) atoms. The summed E-state index contributed by atoms with van der Waals surface area (Å²) in [6.45, 7) is 1.92. The Kier molecular flexibility index (Phi) is 3.07. The first-order valence-corrected chi connectivity index (χ1v) is 4.26. The van der Waals surface area contributed by atoms with Crippen LogP contribution in [0.2, 0.25) is 0 Å². The highest BCUT2D eigenvalue weighted by atomic mass is 32.1. The molecule has 0 atom stereocenters. The van der Waals surface area contributed by atoms with Gasteiger partial charge < -0.3 is 5.11 Å². The Bertz CT molecular complexity index is 313. The van der Waals surface area contributed by atoms with Gasteiger partial charge in [-0.25, -0.2) is 0 Å². The van der Waals surface area contributed by atoms with E-state index in [4.69, 9.17) is 0 Å². The molecule has 0 unspecified atom stereocenters. The lowest BCUT2D eigenvalue weighted by atomic mass is 10.1. The van der Waals surface area contributed by atoms with Crippen LogP contribution in [0.1, 0.15) is 11.1 Å². The summed E-state index contributed by atoms with van der Waals surface area (Å²) in [7, 11) is 0. The summed E-state index contributed by atoms with van der Waals surface area (Å²) in [6.07, 6.45) is 0. The molecule has 0 radical (unpaired) electrons. The summed E-state index contributed by atoms with van der Waals surface area (Å²) in [5.74, 6) is 6.51. The van der Waals surface area contributed by atoms with Crippen molar-refractivity contribution in [3.05, 3.63) is 29.3 Å². The molecule has 0 aromatic heterocycles. The summed E-state index contributed by atoms with van der Waals surface area (Å²) < 4.78 is 0. The van der Waals surface area contributed by atoms with E-state index >= 15 is 0 Å². The maximum atomic E-state index is 9.21. The number of hydrogen-bond donors (Lipinski definition) is 2. The minimum absolute atomic E-state index is 0.262. The molecule has 1 N–H and O–H groups in total. The largest absolute Gasteiger partial charge is 0.508 e. The zero-order chi connectivity index (χ0) is 8.97. The van der Waals surface area contributed by atoms with E-state index in [1.54, 1.807) is 12.1 Å². The van der Waals surface area contributed by atoms with Gasteiger partial charge in [-0.15, -0.1) is 0 Å². The summed E-state index contributed by atoms with van der Waals surface area (Å²) >= 11 is 3.97. The minimum Gasteiger partial charge on any atom is -0.508 e. The van der Waals surface area contributed by atoms with Crippen LogP contribution in [0.4, 0.5) is 0 Å². The average Bonchev–Trinajstić information content (AvgIpc) is 1.99. The molecule has 0 fully saturated rings. The summed E-state index contributed by atoms with van der Waals surface area (Å²) in [5, 5.41) is 9.21. The first-order valence-electron chi connectivity index (χ1n) is 3.63. The number of hydrogen-bond acceptors (Lipinski definition) is 2. The minimum atomic E-state index is 0.262. The van der Waals surface area contributed by atoms with E-state index in [0.29, 0.717) is 5.75 Å². The van der Waals surface area contributed by atoms with Crippen LogP contribution in [-0.4, -0.2) is 10.9 Å². The van der Waals surface area contributed by atoms with Gasteiger partial charge in [0.15, 0.2) is 0 Å². The summed E-state index contributed by atoms with van der Waals surface area (Å²) in [5.41, 5.74) is 1.85. The molecule has 1 aromatic rings. The van der Waals surface area contributed by atoms with Gasteiger partial charge in [0, 0.05) is 5.56 Å². The van der Waals surface area contributed by atoms with Crippen molar-refractivity contribution in [3.8, 4) is 17.6 Å². The fourth-order valence-electron chi connectivity index (χ4n) is 0.977. The Morgan fingerprint density at radius 3 is 2.75 bits per heavy atom. The molecule has 1 nitrogen and oxygen atoms in total. The first kappa shape index (κ1) is 9.02. The van der Waals surface area contributed by atoms with Gasteiger partial charge in [0.1, 0.15) is 5.75 Å². The fraction of sp³-hybridized carbons (Fsp3) is 0.200. The molecule has 0 bridgehead atoms. The van der Waals surface area contributed by atoms with Crippen molar-refractivity contribution in [2.24, 2.45) is 0 Å². The molecule has 0 aliphatic heterocycles. The topological polar surface area (TPSA) is 20.2 Å². The predicted molar refractivity (Wildman–Crippen MR) is 53.6 cm³/mol. The summed E-state index contributed by atoms with van der Waals surface area (Å²) in [6, 6.07) is 5.27. The maximum absolute atomic E-state index is 9.21. The SMILES string of the molecule is Cc1cc(O)cc(C#CCS)c1. The third-order valence-corrected chi connectivity index (χ3v) is 1.53. The molecule has 2 heteroatoms. The molecule has 0 amide bonds. The quantitative estimate of drug-likeness (QED) is 0.460. The normalized spacial score (nSPS) is 8.83. The number of aryl methyl sites for hydroxylation is 1. The second-order valence-electron chi connectivity index (χ2n) is 2.52. The van der Waals surface area contributed by atoms with Crippen molar-refractivity contribution in [2.45, 2.75) is 6.92 Å². The van der Waals surface area contributed by atoms with E-state index in [2.05, 4.69) is 24.5 Å². The third-order valence-electron chi connectivity index (χ3n) is 1.37. The zero-order valence-corrected chi connectivity index (χ0v) is 7.73. The molecular formula is C10H10OS. The van der Waals surface area contributed by atoms with Crippen LogP contribution >= 0.6 is 12.6 Å². The van der Waals surface area contributed by atoms with E-state index < -0.39 is 0 Å². The van der Waals surface area contributed by atoms with Crippen LogP contribution in [0.15, 0.2) is 18.2 Å². The standard InChI is InChI=1S/C10H10OS/c1-8-5-9(3-2-4-12)7-10(11)6-8/h5-7,11-12H,4H2,1H3. The molecule has 62 valence electrons. The van der Waals surface area contributed by atoms with E-state index in [1.165, 1.54) is 0 Å². The van der Waals surface area contributed by atoms with Crippen LogP contribution in [0.5, 0.6) is 5.75 Å². The number of benzene rings is 1. The summed E-state index contributed by atoms with van der Waals surface area (Å²) in [4.78, 5) is 0. The molecule has 1 aromatic carbocycles. The van der Waals surface area contributed by atoms with Crippen molar-refractivity contribution in [1.29, 1.82) is 0 Å². The van der Waals surface area contributed by atoms with Crippen LogP contribution in [-0.2, 0) is 0 Å². The fourth-order valence-corrected chi connectivity index (χ4v) is 1.06. The molecule has 0 saturated carbocycles. The van der Waals surface area contributed by atoms with Gasteiger partial charge in [-0.2, -0.15) is 12.6 Å². The van der Waals surface area contributed by atoms with Gasteiger partial charge in [-0.05, 0) is 30.7 Å². The molecule has 0 aliphatic rings. The maximum Gasteiger partial charge on any atom is 0.117 e. The van der Waals surface area contributed by atoms with Crippen molar-refractivity contribution < 1.29 is 5.11 Å². The van der Waals surface area contributed by atoms with Crippen LogP contribution in [0.3, 0.4) is 0 Å². The van der Waals surface area contributed by atoms with Gasteiger partial charge in [0.2, 0.25) is 0 Å². The van der Waals surface area contributed by atoms with Crippen molar-refractivity contribution in [2.75, 3.05) is 5.75 Å². The molecular weight excluding hydrogens is 168 g/mol. The van der Waals surface area contributed by atoms with Gasteiger partial charge in [-0.1, -0.05) is 11.8 Å². The van der Waals surface area contributed by atoms with Crippen LogP contribution < -0.4 is 0 Å². The van der Waals surface area contributed by atoms with E-state index in [1.807, 2.05) is 13.0 Å². The zero-order valence-electron chi connectivity index (χ0n) is 6.83. The smallest absolute Gasteiger partial charge is 0.117 e. The highest BCUT2D eigenvalue weighted by Crippen LogP contribution is 2.13. The second kappa shape index (κ2) is 4.08. The van der Waals surface area contributed by atoms with Crippen molar-refractivity contribution in [1.82, 2.24) is 0 Å². The first-order chi connectivity index (χ1) is 5.72. The van der Waals surface area contributed by atoms with Crippen LogP contribution in [0.25, 0.3) is 0 Å². The Labute approximate surface area is 77.8 Å². The van der Waals surface area contributed by atoms with Crippen molar-refractivity contribution in [3.63, 3.8) is 0 Å². The Hall–Kier alpha value is -1.07. The molecule has 0 saturated heterocycles. The number of aromatic hydroxyl groups is 1. The Morgan fingerprint density at radius 1 is 1.42 bits per heavy atom. The van der Waals surface area contributed by atoms with Gasteiger partial charge in [0.25, 0.3) is 0 Å². The Balaban J connectivity index is 3.01. The molecule has 1 rings (SSSR count). The predicted octanol–water partition coefficient (Wildman–Crippen LogP) is 1.98. The monoisotopic (exact) mass is 178 g/mol. The van der Waals surface area contributed by atoms with Gasteiger partial charge >= 0.3 is 0 Å². The van der Waals surface area contributed by atoms with Gasteiger partial charge in [0.05, 0.1) is 5.75 Å². The lowest BCUT2D eigenvalue weighted by molar-refractivity contribution is 0.474. The van der Waals surface area contributed by atoms with E-state index in [0.717, 1.165) is 11.1 Å². The number of phenolic OH excluding ortho intramolecular Hbond substituents is 1. The Morgan fingerprint density at radius 2 is 2.17 bits per heavy atom. The van der Waals surface area contributed by atoms with Gasteiger partial charge in [-0.3, -0.25) is 0 Å². The number of thiol groups is 1. The van der Waals surface area contributed by atoms with Crippen molar-refractivity contribution >= 4 is 12.6 Å². The highest BCUT2D eigenvalue weighted by molar-refractivity contribution is 7.80. The lowest BCUT2D eigenvalue weighted by Gasteiger charge is -1.96. The average molecular weight is 178 g/mol. The molecule has 0 aliphatic carbocycles. The molecule has 0 heterocycles. The second-order valence-corrected chi connectivity index (χ2v) is 2.83. The lowest BCUT2D eigenvalue weighted by Crippen LogP contribution is -1.77. The number of rotatable bonds is 0. The highest BCUT2D eigenvalue weighted by Gasteiger charge is 1.92. The van der Waals surface area contributed by atoms with E-state index in [-0.39, 0.29) is 5.75 Å². The number of phenols is 1. The third kappa shape index (κ3) is 2.52. The van der Waals surface area contributed by atoms with Crippen LogP contribution in [0, 0.1) is 18.8 Å². The van der Waals surface area contributed by atoms with E-state index in [9.17, 15) is 5.11 Å². The molecule has 0 spiro atoms.